The van der Waals surface area contributed by atoms with Gasteiger partial charge in [0.2, 0.25) is 5.91 Å². The quantitative estimate of drug-likeness (QED) is 0.892. The van der Waals surface area contributed by atoms with Crippen LogP contribution in [0.5, 0.6) is 5.75 Å². The molecule has 3 rings (SSSR count). The van der Waals surface area contributed by atoms with Crippen LogP contribution in [0.25, 0.3) is 0 Å². The summed E-state index contributed by atoms with van der Waals surface area (Å²) < 4.78 is 5.58. The van der Waals surface area contributed by atoms with Gasteiger partial charge in [-0.2, -0.15) is 0 Å². The van der Waals surface area contributed by atoms with E-state index in [9.17, 15) is 4.79 Å². The number of fused-ring (bicyclic) bond motifs is 1. The van der Waals surface area contributed by atoms with Crippen LogP contribution in [0.3, 0.4) is 0 Å². The van der Waals surface area contributed by atoms with Crippen molar-refractivity contribution < 1.29 is 9.53 Å². The lowest BCUT2D eigenvalue weighted by molar-refractivity contribution is -0.118. The first-order chi connectivity index (χ1) is 10.6. The van der Waals surface area contributed by atoms with Gasteiger partial charge in [0.1, 0.15) is 11.6 Å². The number of aromatic nitrogens is 1. The number of halogens is 1. The Morgan fingerprint density at radius 3 is 3.05 bits per heavy atom. The maximum absolute atomic E-state index is 12.7. The van der Waals surface area contributed by atoms with Crippen molar-refractivity contribution >= 4 is 29.0 Å². The molecule has 0 aliphatic carbocycles. The number of carbonyl (C=O) groups excluding carboxylic acids is 1. The number of amides is 1. The number of nitrogens with one attached hydrogen (secondary N) is 1. The van der Waals surface area contributed by atoms with E-state index in [1.165, 1.54) is 0 Å². The van der Waals surface area contributed by atoms with Crippen LogP contribution in [0.4, 0.5) is 11.5 Å². The predicted molar refractivity (Wildman–Crippen MR) is 86.3 cm³/mol. The predicted octanol–water partition coefficient (Wildman–Crippen LogP) is 3.13. The number of pyridine rings is 1. The standard InChI is InChI=1S/C16H16ClN3O2/c1-9-4-6-19-15(18)14(9)20-16(21)11-5-7-22-13-3-2-10(17)8-12(11)13/h2-4,6,8,11H,5,7H2,1H3,(H2,18,19)(H,20,21). The fraction of sp³-hybridized carbons (Fsp3) is 0.250. The first-order valence-electron chi connectivity index (χ1n) is 7.00. The van der Waals surface area contributed by atoms with Gasteiger partial charge in [0.25, 0.3) is 0 Å². The van der Waals surface area contributed by atoms with E-state index in [2.05, 4.69) is 10.3 Å². The molecule has 1 aliphatic rings. The lowest BCUT2D eigenvalue weighted by atomic mass is 9.92. The normalized spacial score (nSPS) is 16.5. The average Bonchev–Trinajstić information content (AvgIpc) is 2.50. The zero-order valence-corrected chi connectivity index (χ0v) is 12.9. The molecule has 1 aliphatic heterocycles. The Morgan fingerprint density at radius 2 is 2.27 bits per heavy atom. The van der Waals surface area contributed by atoms with E-state index in [1.54, 1.807) is 30.5 Å². The molecule has 0 fully saturated rings. The highest BCUT2D eigenvalue weighted by molar-refractivity contribution is 6.30. The molecular weight excluding hydrogens is 302 g/mol. The van der Waals surface area contributed by atoms with Crippen molar-refractivity contribution in [3.05, 3.63) is 46.6 Å². The third kappa shape index (κ3) is 2.72. The maximum Gasteiger partial charge on any atom is 0.232 e. The lowest BCUT2D eigenvalue weighted by Gasteiger charge is -2.25. The Kier molecular flexibility index (Phi) is 3.90. The van der Waals surface area contributed by atoms with Gasteiger partial charge in [-0.25, -0.2) is 4.98 Å². The molecule has 0 bridgehead atoms. The molecule has 1 amide bonds. The van der Waals surface area contributed by atoms with Gasteiger partial charge in [-0.15, -0.1) is 0 Å². The Morgan fingerprint density at radius 1 is 1.45 bits per heavy atom. The summed E-state index contributed by atoms with van der Waals surface area (Å²) in [6.45, 7) is 2.37. The second-order valence-corrected chi connectivity index (χ2v) is 5.69. The molecule has 2 aromatic rings. The molecule has 0 saturated carbocycles. The number of nitrogen functional groups attached to an aromatic ring is 1. The smallest absolute Gasteiger partial charge is 0.232 e. The summed E-state index contributed by atoms with van der Waals surface area (Å²) in [6.07, 6.45) is 2.21. The van der Waals surface area contributed by atoms with Crippen molar-refractivity contribution in [2.45, 2.75) is 19.3 Å². The van der Waals surface area contributed by atoms with E-state index in [0.29, 0.717) is 35.3 Å². The van der Waals surface area contributed by atoms with Gasteiger partial charge in [0, 0.05) is 16.8 Å². The van der Waals surface area contributed by atoms with Crippen LogP contribution >= 0.6 is 11.6 Å². The van der Waals surface area contributed by atoms with E-state index in [-0.39, 0.29) is 11.8 Å². The minimum absolute atomic E-state index is 0.130. The molecule has 1 unspecified atom stereocenters. The SMILES string of the molecule is Cc1ccnc(N)c1NC(=O)C1CCOc2ccc(Cl)cc21. The molecule has 0 saturated heterocycles. The number of carbonyl (C=O) groups is 1. The zero-order chi connectivity index (χ0) is 15.7. The van der Waals surface area contributed by atoms with Crippen molar-refractivity contribution in [2.24, 2.45) is 0 Å². The Balaban J connectivity index is 1.90. The fourth-order valence-electron chi connectivity index (χ4n) is 2.59. The molecule has 3 N–H and O–H groups in total. The monoisotopic (exact) mass is 317 g/mol. The number of aryl methyl sites for hydroxylation is 1. The van der Waals surface area contributed by atoms with Gasteiger partial charge in [0.15, 0.2) is 0 Å². The minimum Gasteiger partial charge on any atom is -0.493 e. The molecule has 22 heavy (non-hydrogen) atoms. The van der Waals surface area contributed by atoms with Gasteiger partial charge in [0.05, 0.1) is 18.2 Å². The number of benzene rings is 1. The topological polar surface area (TPSA) is 77.2 Å². The van der Waals surface area contributed by atoms with Crippen molar-refractivity contribution in [2.75, 3.05) is 17.7 Å². The van der Waals surface area contributed by atoms with Crippen molar-refractivity contribution in [3.63, 3.8) is 0 Å². The highest BCUT2D eigenvalue weighted by atomic mass is 35.5. The van der Waals surface area contributed by atoms with Crippen LogP contribution in [-0.2, 0) is 4.79 Å². The van der Waals surface area contributed by atoms with Gasteiger partial charge in [-0.1, -0.05) is 11.6 Å². The first-order valence-corrected chi connectivity index (χ1v) is 7.38. The van der Waals surface area contributed by atoms with Crippen LogP contribution in [0.1, 0.15) is 23.5 Å². The Labute approximate surface area is 133 Å². The molecule has 1 aromatic carbocycles. The Bertz CT molecular complexity index is 713. The van der Waals surface area contributed by atoms with Crippen LogP contribution in [0, 0.1) is 6.92 Å². The average molecular weight is 318 g/mol. The third-order valence-electron chi connectivity index (χ3n) is 3.76. The summed E-state index contributed by atoms with van der Waals surface area (Å²) >= 11 is 6.04. The number of nitrogens with two attached hydrogens (primary N) is 1. The van der Waals surface area contributed by atoms with E-state index in [1.807, 2.05) is 6.92 Å². The molecule has 5 nitrogen and oxygen atoms in total. The molecular formula is C16H16ClN3O2. The number of rotatable bonds is 2. The second-order valence-electron chi connectivity index (χ2n) is 5.25. The van der Waals surface area contributed by atoms with Crippen molar-refractivity contribution in [1.29, 1.82) is 0 Å². The van der Waals surface area contributed by atoms with Gasteiger partial charge >= 0.3 is 0 Å². The maximum atomic E-state index is 12.7. The largest absolute Gasteiger partial charge is 0.493 e. The lowest BCUT2D eigenvalue weighted by Crippen LogP contribution is -2.27. The first kappa shape index (κ1) is 14.7. The van der Waals surface area contributed by atoms with E-state index < -0.39 is 0 Å². The highest BCUT2D eigenvalue weighted by Crippen LogP contribution is 2.36. The fourth-order valence-corrected chi connectivity index (χ4v) is 2.77. The number of anilines is 2. The van der Waals surface area contributed by atoms with Crippen LogP contribution in [0.2, 0.25) is 5.02 Å². The molecule has 114 valence electrons. The van der Waals surface area contributed by atoms with Gasteiger partial charge in [-0.3, -0.25) is 4.79 Å². The summed E-state index contributed by atoms with van der Waals surface area (Å²) in [5, 5.41) is 3.47. The van der Waals surface area contributed by atoms with E-state index >= 15 is 0 Å². The van der Waals surface area contributed by atoms with Crippen molar-refractivity contribution in [1.82, 2.24) is 4.98 Å². The third-order valence-corrected chi connectivity index (χ3v) is 4.00. The second kappa shape index (κ2) is 5.85. The highest BCUT2D eigenvalue weighted by Gasteiger charge is 2.28. The van der Waals surface area contributed by atoms with E-state index in [4.69, 9.17) is 22.1 Å². The Hall–Kier alpha value is -2.27. The summed E-state index contributed by atoms with van der Waals surface area (Å²) in [7, 11) is 0. The zero-order valence-electron chi connectivity index (χ0n) is 12.1. The molecule has 2 heterocycles. The van der Waals surface area contributed by atoms with Crippen LogP contribution in [0.15, 0.2) is 30.5 Å². The number of nitrogens with zero attached hydrogens (tertiary/aromatic N) is 1. The summed E-state index contributed by atoms with van der Waals surface area (Å²) in [5.74, 6) is 0.564. The van der Waals surface area contributed by atoms with Crippen LogP contribution in [-0.4, -0.2) is 17.5 Å². The molecule has 0 radical (unpaired) electrons. The number of hydrogen-bond acceptors (Lipinski definition) is 4. The molecule has 6 heteroatoms. The summed E-state index contributed by atoms with van der Waals surface area (Å²) in [5.41, 5.74) is 8.08. The molecule has 1 aromatic heterocycles. The van der Waals surface area contributed by atoms with Crippen LogP contribution < -0.4 is 15.8 Å². The molecule has 0 spiro atoms. The van der Waals surface area contributed by atoms with E-state index in [0.717, 1.165) is 11.1 Å². The number of hydrogen-bond donors (Lipinski definition) is 2. The van der Waals surface area contributed by atoms with Crippen molar-refractivity contribution in [3.8, 4) is 5.75 Å². The van der Waals surface area contributed by atoms with Gasteiger partial charge < -0.3 is 15.8 Å². The number of ether oxygens (including phenoxy) is 1. The summed E-state index contributed by atoms with van der Waals surface area (Å²) in [4.78, 5) is 16.7. The summed E-state index contributed by atoms with van der Waals surface area (Å²) in [6, 6.07) is 7.13. The molecule has 1 atom stereocenters. The minimum atomic E-state index is -0.318. The van der Waals surface area contributed by atoms with Gasteiger partial charge in [-0.05, 0) is 43.2 Å².